The van der Waals surface area contributed by atoms with Crippen LogP contribution in [-0.2, 0) is 0 Å². The van der Waals surface area contributed by atoms with E-state index in [-0.39, 0.29) is 11.3 Å². The summed E-state index contributed by atoms with van der Waals surface area (Å²) < 4.78 is 28.3. The van der Waals surface area contributed by atoms with Gasteiger partial charge in [0.1, 0.15) is 17.2 Å². The molecule has 0 aliphatic carbocycles. The van der Waals surface area contributed by atoms with Gasteiger partial charge in [-0.1, -0.05) is 6.07 Å². The van der Waals surface area contributed by atoms with Crippen molar-refractivity contribution in [1.82, 2.24) is 14.6 Å². The van der Waals surface area contributed by atoms with Crippen LogP contribution < -0.4 is 5.32 Å². The molecular formula is C17H10F2N4OS. The van der Waals surface area contributed by atoms with Crippen LogP contribution in [-0.4, -0.2) is 20.5 Å². The molecule has 0 unspecified atom stereocenters. The number of amides is 1. The van der Waals surface area contributed by atoms with Crippen LogP contribution in [0.4, 0.5) is 14.5 Å². The fourth-order valence-electron chi connectivity index (χ4n) is 2.44. The van der Waals surface area contributed by atoms with Crippen LogP contribution in [0.5, 0.6) is 0 Å². The van der Waals surface area contributed by atoms with E-state index in [0.29, 0.717) is 11.7 Å². The average Bonchev–Trinajstić information content (AvgIpc) is 3.26. The number of nitrogens with one attached hydrogen (secondary N) is 1. The number of anilines is 1. The molecule has 3 heterocycles. The molecule has 0 aliphatic rings. The number of hydrogen-bond donors (Lipinski definition) is 1. The van der Waals surface area contributed by atoms with E-state index in [2.05, 4.69) is 15.4 Å². The van der Waals surface area contributed by atoms with Crippen LogP contribution in [0, 0.1) is 11.6 Å². The van der Waals surface area contributed by atoms with Crippen molar-refractivity contribution >= 4 is 28.6 Å². The minimum absolute atomic E-state index is 0.111. The zero-order valence-electron chi connectivity index (χ0n) is 12.6. The number of benzene rings is 1. The Balaban J connectivity index is 1.72. The molecule has 8 heteroatoms. The molecule has 0 atom stereocenters. The van der Waals surface area contributed by atoms with Crippen molar-refractivity contribution in [3.63, 3.8) is 0 Å². The van der Waals surface area contributed by atoms with Gasteiger partial charge in [0.2, 0.25) is 0 Å². The molecule has 124 valence electrons. The van der Waals surface area contributed by atoms with Crippen LogP contribution in [0.1, 0.15) is 10.4 Å². The van der Waals surface area contributed by atoms with Gasteiger partial charge in [-0.05, 0) is 29.6 Å². The van der Waals surface area contributed by atoms with Crippen LogP contribution in [0.2, 0.25) is 0 Å². The monoisotopic (exact) mass is 356 g/mol. The number of nitrogens with zero attached hydrogens (tertiary/aromatic N) is 3. The fourth-order valence-corrected chi connectivity index (χ4v) is 3.18. The maximum atomic E-state index is 13.7. The Hall–Kier alpha value is -3.13. The number of aromatic nitrogens is 3. The van der Waals surface area contributed by atoms with Gasteiger partial charge < -0.3 is 5.32 Å². The molecule has 0 bridgehead atoms. The van der Waals surface area contributed by atoms with E-state index in [1.807, 2.05) is 17.5 Å². The molecule has 4 rings (SSSR count). The molecule has 0 aliphatic heterocycles. The van der Waals surface area contributed by atoms with Gasteiger partial charge in [-0.2, -0.15) is 5.10 Å². The van der Waals surface area contributed by atoms with Gasteiger partial charge >= 0.3 is 0 Å². The van der Waals surface area contributed by atoms with Crippen molar-refractivity contribution in [3.05, 3.63) is 71.4 Å². The summed E-state index contributed by atoms with van der Waals surface area (Å²) in [6.45, 7) is 0. The Morgan fingerprint density at radius 1 is 1.20 bits per heavy atom. The number of thiophene rings is 1. The molecule has 1 aromatic carbocycles. The summed E-state index contributed by atoms with van der Waals surface area (Å²) in [5, 5.41) is 8.58. The SMILES string of the molecule is O=C(Nc1ccc(F)cc1F)c1cnn2c(-c3cccs3)ccnc12. The van der Waals surface area contributed by atoms with Gasteiger partial charge in [0.15, 0.2) is 5.65 Å². The molecular weight excluding hydrogens is 346 g/mol. The molecule has 1 N–H and O–H groups in total. The molecule has 0 fully saturated rings. The molecule has 1 amide bonds. The highest BCUT2D eigenvalue weighted by Gasteiger charge is 2.18. The van der Waals surface area contributed by atoms with Crippen LogP contribution in [0.15, 0.2) is 54.2 Å². The largest absolute Gasteiger partial charge is 0.319 e. The first kappa shape index (κ1) is 15.4. The summed E-state index contributed by atoms with van der Waals surface area (Å²) in [5.74, 6) is -2.14. The molecule has 5 nitrogen and oxygen atoms in total. The molecule has 4 aromatic rings. The van der Waals surface area contributed by atoms with E-state index < -0.39 is 17.5 Å². The number of carbonyl (C=O) groups is 1. The van der Waals surface area contributed by atoms with Crippen molar-refractivity contribution in [2.45, 2.75) is 0 Å². The minimum Gasteiger partial charge on any atom is -0.319 e. The van der Waals surface area contributed by atoms with E-state index in [1.54, 1.807) is 28.1 Å². The maximum absolute atomic E-state index is 13.7. The summed E-state index contributed by atoms with van der Waals surface area (Å²) in [6, 6.07) is 8.60. The summed E-state index contributed by atoms with van der Waals surface area (Å²) in [6.07, 6.45) is 2.96. The number of halogens is 2. The summed E-state index contributed by atoms with van der Waals surface area (Å²) >= 11 is 1.54. The predicted molar refractivity (Wildman–Crippen MR) is 90.6 cm³/mol. The molecule has 25 heavy (non-hydrogen) atoms. The highest BCUT2D eigenvalue weighted by molar-refractivity contribution is 7.13. The topological polar surface area (TPSA) is 59.3 Å². The zero-order valence-corrected chi connectivity index (χ0v) is 13.4. The normalized spacial score (nSPS) is 11.0. The van der Waals surface area contributed by atoms with E-state index in [9.17, 15) is 13.6 Å². The highest BCUT2D eigenvalue weighted by Crippen LogP contribution is 2.25. The Kier molecular flexibility index (Phi) is 3.73. The fraction of sp³-hybridized carbons (Fsp3) is 0. The summed E-state index contributed by atoms with van der Waals surface area (Å²) in [4.78, 5) is 17.6. The van der Waals surface area contributed by atoms with E-state index in [0.717, 1.165) is 16.6 Å². The lowest BCUT2D eigenvalue weighted by atomic mass is 10.2. The highest BCUT2D eigenvalue weighted by atomic mass is 32.1. The van der Waals surface area contributed by atoms with Crippen molar-refractivity contribution < 1.29 is 13.6 Å². The average molecular weight is 356 g/mol. The van der Waals surface area contributed by atoms with Gasteiger partial charge in [0.05, 0.1) is 22.5 Å². The second-order valence-electron chi connectivity index (χ2n) is 5.18. The Labute approximate surface area is 144 Å². The number of carbonyl (C=O) groups excluding carboxylic acids is 1. The lowest BCUT2D eigenvalue weighted by Gasteiger charge is -2.06. The smallest absolute Gasteiger partial charge is 0.261 e. The first-order valence-corrected chi connectivity index (χ1v) is 8.14. The molecule has 0 spiro atoms. The number of rotatable bonds is 3. The third-order valence-corrected chi connectivity index (χ3v) is 4.49. The molecule has 0 radical (unpaired) electrons. The number of hydrogen-bond acceptors (Lipinski definition) is 4. The van der Waals surface area contributed by atoms with Gasteiger partial charge in [-0.3, -0.25) is 4.79 Å². The van der Waals surface area contributed by atoms with Crippen molar-refractivity contribution in [2.75, 3.05) is 5.32 Å². The molecule has 3 aromatic heterocycles. The zero-order chi connectivity index (χ0) is 17.4. The standard InChI is InChI=1S/C17H10F2N4OS/c18-10-3-4-13(12(19)8-10)22-17(24)11-9-21-23-14(5-6-20-16(11)23)15-2-1-7-25-15/h1-9H,(H,22,24). The Morgan fingerprint density at radius 3 is 2.84 bits per heavy atom. The van der Waals surface area contributed by atoms with E-state index in [1.165, 1.54) is 12.3 Å². The quantitative estimate of drug-likeness (QED) is 0.604. The lowest BCUT2D eigenvalue weighted by molar-refractivity contribution is 0.102. The maximum Gasteiger partial charge on any atom is 0.261 e. The first-order valence-electron chi connectivity index (χ1n) is 7.26. The van der Waals surface area contributed by atoms with E-state index >= 15 is 0 Å². The van der Waals surface area contributed by atoms with Crippen molar-refractivity contribution in [3.8, 4) is 10.6 Å². The van der Waals surface area contributed by atoms with Crippen molar-refractivity contribution in [1.29, 1.82) is 0 Å². The second kappa shape index (κ2) is 6.06. The Morgan fingerprint density at radius 2 is 2.08 bits per heavy atom. The third-order valence-electron chi connectivity index (χ3n) is 3.60. The van der Waals surface area contributed by atoms with Crippen LogP contribution >= 0.6 is 11.3 Å². The minimum atomic E-state index is -0.850. The van der Waals surface area contributed by atoms with Crippen LogP contribution in [0.3, 0.4) is 0 Å². The summed E-state index contributed by atoms with van der Waals surface area (Å²) in [5.41, 5.74) is 1.24. The lowest BCUT2D eigenvalue weighted by Crippen LogP contribution is -2.13. The number of fused-ring (bicyclic) bond motifs is 1. The molecule has 0 saturated carbocycles. The first-order chi connectivity index (χ1) is 12.1. The second-order valence-corrected chi connectivity index (χ2v) is 6.13. The summed E-state index contributed by atoms with van der Waals surface area (Å²) in [7, 11) is 0. The van der Waals surface area contributed by atoms with Gasteiger partial charge in [-0.15, -0.1) is 11.3 Å². The van der Waals surface area contributed by atoms with Gasteiger partial charge in [0, 0.05) is 12.3 Å². The molecule has 0 saturated heterocycles. The van der Waals surface area contributed by atoms with Gasteiger partial charge in [-0.25, -0.2) is 18.3 Å². The van der Waals surface area contributed by atoms with Gasteiger partial charge in [0.25, 0.3) is 5.91 Å². The van der Waals surface area contributed by atoms with Crippen molar-refractivity contribution in [2.24, 2.45) is 0 Å². The predicted octanol–water partition coefficient (Wildman–Crippen LogP) is 3.99. The third kappa shape index (κ3) is 2.76. The van der Waals surface area contributed by atoms with Crippen LogP contribution in [0.25, 0.3) is 16.2 Å². The Bertz CT molecular complexity index is 1080. The van der Waals surface area contributed by atoms with E-state index in [4.69, 9.17) is 0 Å².